The maximum Gasteiger partial charge on any atom is 0.131 e. The van der Waals surface area contributed by atoms with E-state index in [0.29, 0.717) is 0 Å². The van der Waals surface area contributed by atoms with E-state index in [1.807, 2.05) is 0 Å². The molecule has 0 atom stereocenters. The van der Waals surface area contributed by atoms with Crippen LogP contribution in [0.15, 0.2) is 0 Å². The lowest BCUT2D eigenvalue weighted by atomic mass is 9.31. The van der Waals surface area contributed by atoms with Crippen molar-refractivity contribution in [3.05, 3.63) is 0 Å². The Labute approximate surface area is 84.2 Å². The molecule has 2 bridgehead atoms. The van der Waals surface area contributed by atoms with Crippen molar-refractivity contribution in [2.24, 2.45) is 5.92 Å². The van der Waals surface area contributed by atoms with Crippen molar-refractivity contribution in [2.75, 3.05) is 0 Å². The monoisotopic (exact) mass is 178 g/mol. The van der Waals surface area contributed by atoms with Crippen molar-refractivity contribution in [1.82, 2.24) is 0 Å². The SMILES string of the molecule is B1C2CCCC1(C1CCC1)CCC2.[HH]. The van der Waals surface area contributed by atoms with Crippen LogP contribution in [0.2, 0.25) is 11.1 Å². The fourth-order valence-electron chi connectivity index (χ4n) is 4.33. The quantitative estimate of drug-likeness (QED) is 0.536. The molecule has 0 nitrogen and oxygen atoms in total. The molecule has 1 heteroatoms. The molecule has 1 aliphatic carbocycles. The Kier molecular flexibility index (Phi) is 1.96. The highest BCUT2D eigenvalue weighted by molar-refractivity contribution is 6.42. The Bertz CT molecular complexity index is 190. The van der Waals surface area contributed by atoms with Crippen molar-refractivity contribution in [1.29, 1.82) is 0 Å². The lowest BCUT2D eigenvalue weighted by Gasteiger charge is -2.52. The van der Waals surface area contributed by atoms with Gasteiger partial charge in [0.05, 0.1) is 0 Å². The van der Waals surface area contributed by atoms with Crippen molar-refractivity contribution in [2.45, 2.75) is 68.9 Å². The second kappa shape index (κ2) is 3.03. The van der Waals surface area contributed by atoms with Crippen LogP contribution < -0.4 is 0 Å². The summed E-state index contributed by atoms with van der Waals surface area (Å²) in [5.74, 6) is 2.30. The van der Waals surface area contributed by atoms with Crippen LogP contribution in [0.25, 0.3) is 0 Å². The molecule has 3 fully saturated rings. The molecule has 0 amide bonds. The van der Waals surface area contributed by atoms with Crippen LogP contribution in [0.5, 0.6) is 0 Å². The molecule has 0 unspecified atom stereocenters. The summed E-state index contributed by atoms with van der Waals surface area (Å²) in [7, 11) is 1.62. The van der Waals surface area contributed by atoms with Gasteiger partial charge in [0.15, 0.2) is 0 Å². The van der Waals surface area contributed by atoms with E-state index >= 15 is 0 Å². The Hall–Kier alpha value is 0.0649. The Morgan fingerprint density at radius 3 is 2.15 bits per heavy atom. The topological polar surface area (TPSA) is 0 Å². The molecular weight excluding hydrogens is 155 g/mol. The molecule has 13 heavy (non-hydrogen) atoms. The summed E-state index contributed by atoms with van der Waals surface area (Å²) in [5.41, 5.74) is 0. The first kappa shape index (κ1) is 8.38. The summed E-state index contributed by atoms with van der Waals surface area (Å²) in [6.07, 6.45) is 14.1. The average Bonchev–Trinajstić information content (AvgIpc) is 2.00. The van der Waals surface area contributed by atoms with Gasteiger partial charge in [0.2, 0.25) is 0 Å². The van der Waals surface area contributed by atoms with Crippen LogP contribution in [0.4, 0.5) is 0 Å². The molecule has 3 rings (SSSR count). The zero-order valence-corrected chi connectivity index (χ0v) is 8.73. The molecular formula is C12H23B. The maximum absolute atomic E-state index is 1.62. The van der Waals surface area contributed by atoms with Crippen LogP contribution in [0.3, 0.4) is 0 Å². The smallest absolute Gasteiger partial charge is 0.0651 e. The Morgan fingerprint density at radius 2 is 1.62 bits per heavy atom. The number of fused-ring (bicyclic) bond motifs is 2. The third-order valence-electron chi connectivity index (χ3n) is 5.24. The minimum absolute atomic E-state index is 0. The number of rotatable bonds is 1. The zero-order valence-electron chi connectivity index (χ0n) is 8.73. The maximum atomic E-state index is 1.62. The molecule has 0 aromatic heterocycles. The Morgan fingerprint density at radius 1 is 0.923 bits per heavy atom. The van der Waals surface area contributed by atoms with E-state index in [4.69, 9.17) is 0 Å². The van der Waals surface area contributed by atoms with E-state index in [9.17, 15) is 0 Å². The summed E-state index contributed by atoms with van der Waals surface area (Å²) in [6.45, 7) is 0. The molecule has 2 saturated heterocycles. The summed E-state index contributed by atoms with van der Waals surface area (Å²) >= 11 is 0. The highest BCUT2D eigenvalue weighted by Gasteiger charge is 2.46. The predicted molar refractivity (Wildman–Crippen MR) is 60.7 cm³/mol. The molecule has 2 aliphatic heterocycles. The van der Waals surface area contributed by atoms with Gasteiger partial charge in [0.1, 0.15) is 7.28 Å². The van der Waals surface area contributed by atoms with Crippen LogP contribution >= 0.6 is 0 Å². The minimum Gasteiger partial charge on any atom is -0.0651 e. The summed E-state index contributed by atoms with van der Waals surface area (Å²) < 4.78 is 0. The normalized spacial score (nSPS) is 45.1. The lowest BCUT2D eigenvalue weighted by Crippen LogP contribution is -2.40. The van der Waals surface area contributed by atoms with Crippen LogP contribution in [-0.4, -0.2) is 7.28 Å². The second-order valence-corrected chi connectivity index (χ2v) is 5.84. The standard InChI is InChI=1S/C12H21B.H2/c1-4-10(5-1)12-8-2-6-11(13-12)7-3-9-12;/h10-11,13H,1-9H2;1H. The first-order valence-electron chi connectivity index (χ1n) is 6.39. The molecule has 0 aromatic carbocycles. The highest BCUT2D eigenvalue weighted by atomic mass is 14.4. The number of hydrogen-bond acceptors (Lipinski definition) is 0. The molecule has 1 saturated carbocycles. The van der Waals surface area contributed by atoms with E-state index in [0.717, 1.165) is 17.0 Å². The molecule has 0 aromatic rings. The molecule has 0 radical (unpaired) electrons. The van der Waals surface area contributed by atoms with Gasteiger partial charge in [0.25, 0.3) is 0 Å². The van der Waals surface area contributed by atoms with Crippen LogP contribution in [0.1, 0.15) is 59.2 Å². The van der Waals surface area contributed by atoms with E-state index in [-0.39, 0.29) is 1.43 Å². The first-order valence-corrected chi connectivity index (χ1v) is 6.39. The van der Waals surface area contributed by atoms with Crippen molar-refractivity contribution >= 4 is 7.28 Å². The van der Waals surface area contributed by atoms with E-state index in [1.165, 1.54) is 6.42 Å². The van der Waals surface area contributed by atoms with Gasteiger partial charge in [-0.05, 0) is 5.92 Å². The minimum atomic E-state index is 0. The lowest BCUT2D eigenvalue weighted by molar-refractivity contribution is 0.169. The second-order valence-electron chi connectivity index (χ2n) is 5.84. The Balaban J connectivity index is 0.000000750. The summed E-state index contributed by atoms with van der Waals surface area (Å²) in [5, 5.41) is 0.874. The molecule has 0 N–H and O–H groups in total. The largest absolute Gasteiger partial charge is 0.131 e. The predicted octanol–water partition coefficient (Wildman–Crippen LogP) is 3.78. The van der Waals surface area contributed by atoms with Gasteiger partial charge >= 0.3 is 0 Å². The van der Waals surface area contributed by atoms with Gasteiger partial charge in [0, 0.05) is 1.43 Å². The fraction of sp³-hybridized carbons (Fsp3) is 1.00. The van der Waals surface area contributed by atoms with Gasteiger partial charge in [-0.2, -0.15) is 0 Å². The molecule has 2 heterocycles. The highest BCUT2D eigenvalue weighted by Crippen LogP contribution is 2.60. The van der Waals surface area contributed by atoms with E-state index < -0.39 is 0 Å². The van der Waals surface area contributed by atoms with Crippen LogP contribution in [-0.2, 0) is 0 Å². The number of hydrogen-bond donors (Lipinski definition) is 0. The van der Waals surface area contributed by atoms with Gasteiger partial charge in [-0.25, -0.2) is 0 Å². The molecule has 74 valence electrons. The zero-order chi connectivity index (χ0) is 8.73. The third kappa shape index (κ3) is 1.27. The third-order valence-corrected chi connectivity index (χ3v) is 5.24. The van der Waals surface area contributed by atoms with Gasteiger partial charge in [-0.3, -0.25) is 0 Å². The van der Waals surface area contributed by atoms with Gasteiger partial charge in [-0.1, -0.05) is 68.9 Å². The fourth-order valence-corrected chi connectivity index (χ4v) is 4.33. The van der Waals surface area contributed by atoms with Gasteiger partial charge < -0.3 is 0 Å². The first-order chi connectivity index (χ1) is 6.39. The van der Waals surface area contributed by atoms with Crippen molar-refractivity contribution in [3.63, 3.8) is 0 Å². The molecule has 0 spiro atoms. The van der Waals surface area contributed by atoms with E-state index in [1.54, 1.807) is 58.6 Å². The summed E-state index contributed by atoms with van der Waals surface area (Å²) in [6, 6.07) is 0. The summed E-state index contributed by atoms with van der Waals surface area (Å²) in [4.78, 5) is 0. The average molecular weight is 178 g/mol. The van der Waals surface area contributed by atoms with Crippen LogP contribution in [0, 0.1) is 5.92 Å². The van der Waals surface area contributed by atoms with Crippen molar-refractivity contribution in [3.8, 4) is 0 Å². The van der Waals surface area contributed by atoms with E-state index in [2.05, 4.69) is 0 Å². The molecule has 3 aliphatic rings. The van der Waals surface area contributed by atoms with Gasteiger partial charge in [-0.15, -0.1) is 0 Å². The van der Waals surface area contributed by atoms with Crippen molar-refractivity contribution < 1.29 is 1.43 Å².